The van der Waals surface area contributed by atoms with E-state index in [1.165, 1.54) is 25.7 Å². The second-order valence-electron chi connectivity index (χ2n) is 4.56. The minimum absolute atomic E-state index is 0.504. The molecule has 0 aliphatic carbocycles. The highest BCUT2D eigenvalue weighted by molar-refractivity contribution is 7.16. The van der Waals surface area contributed by atoms with E-state index in [1.54, 1.807) is 11.3 Å². The first-order valence-corrected chi connectivity index (χ1v) is 7.23. The van der Waals surface area contributed by atoms with E-state index in [0.29, 0.717) is 5.95 Å². The normalized spacial score (nSPS) is 16.8. The van der Waals surface area contributed by atoms with E-state index in [0.717, 1.165) is 29.1 Å². The van der Waals surface area contributed by atoms with Crippen LogP contribution in [0.3, 0.4) is 0 Å². The van der Waals surface area contributed by atoms with Crippen molar-refractivity contribution in [2.24, 2.45) is 5.84 Å². The van der Waals surface area contributed by atoms with Gasteiger partial charge in [-0.3, -0.25) is 5.43 Å². The van der Waals surface area contributed by atoms with Crippen LogP contribution in [-0.4, -0.2) is 23.1 Å². The molecule has 6 heteroatoms. The number of nitrogens with one attached hydrogen (secondary N) is 1. The highest BCUT2D eigenvalue weighted by Crippen LogP contribution is 2.30. The lowest BCUT2D eigenvalue weighted by Gasteiger charge is -2.22. The van der Waals surface area contributed by atoms with Gasteiger partial charge in [-0.1, -0.05) is 12.8 Å². The van der Waals surface area contributed by atoms with Crippen LogP contribution in [0.15, 0.2) is 11.4 Å². The van der Waals surface area contributed by atoms with Crippen molar-refractivity contribution < 1.29 is 0 Å². The van der Waals surface area contributed by atoms with Crippen LogP contribution in [0.5, 0.6) is 0 Å². The van der Waals surface area contributed by atoms with Gasteiger partial charge in [0.15, 0.2) is 0 Å². The zero-order chi connectivity index (χ0) is 12.4. The van der Waals surface area contributed by atoms with Crippen LogP contribution in [-0.2, 0) is 0 Å². The Labute approximate surface area is 110 Å². The molecule has 3 heterocycles. The Morgan fingerprint density at radius 2 is 1.94 bits per heavy atom. The minimum Gasteiger partial charge on any atom is -0.356 e. The zero-order valence-corrected chi connectivity index (χ0v) is 11.0. The summed E-state index contributed by atoms with van der Waals surface area (Å²) in [4.78, 5) is 12.3. The summed E-state index contributed by atoms with van der Waals surface area (Å²) in [6.45, 7) is 2.15. The first-order chi connectivity index (χ1) is 8.88. The zero-order valence-electron chi connectivity index (χ0n) is 10.2. The Balaban J connectivity index is 2.04. The molecule has 0 unspecified atom stereocenters. The Bertz CT molecular complexity index is 530. The molecule has 96 valence electrons. The van der Waals surface area contributed by atoms with E-state index < -0.39 is 0 Å². The van der Waals surface area contributed by atoms with Gasteiger partial charge in [0.2, 0.25) is 5.95 Å². The largest absolute Gasteiger partial charge is 0.356 e. The number of nitrogens with two attached hydrogens (primary N) is 1. The van der Waals surface area contributed by atoms with Crippen LogP contribution in [0, 0.1) is 0 Å². The molecule has 18 heavy (non-hydrogen) atoms. The molecule has 1 saturated heterocycles. The summed E-state index contributed by atoms with van der Waals surface area (Å²) in [5.74, 6) is 6.98. The first-order valence-electron chi connectivity index (χ1n) is 6.35. The molecule has 3 rings (SSSR count). The van der Waals surface area contributed by atoms with Gasteiger partial charge < -0.3 is 4.90 Å². The van der Waals surface area contributed by atoms with E-state index >= 15 is 0 Å². The van der Waals surface area contributed by atoms with Crippen LogP contribution in [0.4, 0.5) is 11.8 Å². The topological polar surface area (TPSA) is 67.1 Å². The van der Waals surface area contributed by atoms with E-state index in [-0.39, 0.29) is 0 Å². The molecule has 0 amide bonds. The average Bonchev–Trinajstić information content (AvgIpc) is 2.70. The van der Waals surface area contributed by atoms with Crippen LogP contribution < -0.4 is 16.2 Å². The molecule has 0 saturated carbocycles. The third-order valence-corrected chi connectivity index (χ3v) is 4.15. The number of anilines is 2. The lowest BCUT2D eigenvalue weighted by Crippen LogP contribution is -2.26. The summed E-state index contributed by atoms with van der Waals surface area (Å²) < 4.78 is 0. The fourth-order valence-corrected chi connectivity index (χ4v) is 3.19. The van der Waals surface area contributed by atoms with Crippen LogP contribution in [0.2, 0.25) is 0 Å². The molecule has 1 aliphatic heterocycles. The van der Waals surface area contributed by atoms with Crippen molar-refractivity contribution in [2.45, 2.75) is 25.7 Å². The molecule has 5 nitrogen and oxygen atoms in total. The number of thiophene rings is 1. The Morgan fingerprint density at radius 3 is 2.67 bits per heavy atom. The van der Waals surface area contributed by atoms with E-state index in [1.807, 2.05) is 0 Å². The highest BCUT2D eigenvalue weighted by atomic mass is 32.1. The maximum Gasteiger partial charge on any atom is 0.240 e. The predicted molar refractivity (Wildman–Crippen MR) is 75.9 cm³/mol. The molecule has 1 fully saturated rings. The fourth-order valence-electron chi connectivity index (χ4n) is 2.43. The van der Waals surface area contributed by atoms with E-state index in [2.05, 4.69) is 31.7 Å². The standard InChI is InChI=1S/C12H17N5S/c13-16-12-14-10(9-5-8-18-11(9)15-12)17-6-3-1-2-4-7-17/h5,8H,1-4,6-7,13H2,(H,14,15,16). The number of rotatable bonds is 2. The SMILES string of the molecule is NNc1nc(N2CCCCCC2)c2ccsc2n1. The minimum atomic E-state index is 0.504. The van der Waals surface area contributed by atoms with Crippen molar-refractivity contribution in [3.05, 3.63) is 11.4 Å². The van der Waals surface area contributed by atoms with Crippen LogP contribution >= 0.6 is 11.3 Å². The second-order valence-corrected chi connectivity index (χ2v) is 5.45. The summed E-state index contributed by atoms with van der Waals surface area (Å²) in [5.41, 5.74) is 2.56. The molecule has 0 spiro atoms. The number of nitrogen functional groups attached to an aromatic ring is 1. The molecule has 0 bridgehead atoms. The van der Waals surface area contributed by atoms with Crippen molar-refractivity contribution in [3.63, 3.8) is 0 Å². The summed E-state index contributed by atoms with van der Waals surface area (Å²) >= 11 is 1.63. The van der Waals surface area contributed by atoms with Gasteiger partial charge in [-0.25, -0.2) is 10.8 Å². The molecule has 0 aromatic carbocycles. The monoisotopic (exact) mass is 263 g/mol. The lowest BCUT2D eigenvalue weighted by atomic mass is 10.2. The van der Waals surface area contributed by atoms with Crippen molar-refractivity contribution in [1.29, 1.82) is 0 Å². The van der Waals surface area contributed by atoms with Crippen molar-refractivity contribution in [3.8, 4) is 0 Å². The smallest absolute Gasteiger partial charge is 0.240 e. The number of fused-ring (bicyclic) bond motifs is 1. The summed E-state index contributed by atoms with van der Waals surface area (Å²) in [6.07, 6.45) is 5.11. The Kier molecular flexibility index (Phi) is 3.29. The van der Waals surface area contributed by atoms with E-state index in [9.17, 15) is 0 Å². The fraction of sp³-hybridized carbons (Fsp3) is 0.500. The maximum absolute atomic E-state index is 5.45. The molecular weight excluding hydrogens is 246 g/mol. The average molecular weight is 263 g/mol. The summed E-state index contributed by atoms with van der Waals surface area (Å²) in [7, 11) is 0. The number of hydrogen-bond donors (Lipinski definition) is 2. The quantitative estimate of drug-likeness (QED) is 0.643. The van der Waals surface area contributed by atoms with Gasteiger partial charge in [0, 0.05) is 13.1 Å². The van der Waals surface area contributed by atoms with Gasteiger partial charge in [-0.15, -0.1) is 11.3 Å². The number of hydrogen-bond acceptors (Lipinski definition) is 6. The highest BCUT2D eigenvalue weighted by Gasteiger charge is 2.16. The first kappa shape index (κ1) is 11.7. The molecule has 1 aliphatic rings. The lowest BCUT2D eigenvalue weighted by molar-refractivity contribution is 0.726. The van der Waals surface area contributed by atoms with Crippen molar-refractivity contribution in [1.82, 2.24) is 9.97 Å². The molecular formula is C12H17N5S. The predicted octanol–water partition coefficient (Wildman–Crippen LogP) is 2.36. The van der Waals surface area contributed by atoms with Crippen molar-refractivity contribution >= 4 is 33.3 Å². The molecule has 2 aromatic rings. The van der Waals surface area contributed by atoms with Gasteiger partial charge in [0.05, 0.1) is 5.39 Å². The third kappa shape index (κ3) is 2.13. The van der Waals surface area contributed by atoms with E-state index in [4.69, 9.17) is 5.84 Å². The second kappa shape index (κ2) is 5.07. The maximum atomic E-state index is 5.45. The summed E-state index contributed by atoms with van der Waals surface area (Å²) in [6, 6.07) is 2.10. The molecule has 2 aromatic heterocycles. The van der Waals surface area contributed by atoms with Crippen LogP contribution in [0.1, 0.15) is 25.7 Å². The number of aromatic nitrogens is 2. The van der Waals surface area contributed by atoms with Gasteiger partial charge in [0.1, 0.15) is 10.6 Å². The molecule has 0 radical (unpaired) electrons. The molecule has 3 N–H and O–H groups in total. The summed E-state index contributed by atoms with van der Waals surface area (Å²) in [5, 5.41) is 3.20. The molecule has 0 atom stereocenters. The van der Waals surface area contributed by atoms with Crippen LogP contribution in [0.25, 0.3) is 10.2 Å². The Morgan fingerprint density at radius 1 is 1.17 bits per heavy atom. The van der Waals surface area contributed by atoms with Gasteiger partial charge in [-0.2, -0.15) is 4.98 Å². The number of hydrazine groups is 1. The third-order valence-electron chi connectivity index (χ3n) is 3.34. The van der Waals surface area contributed by atoms with Gasteiger partial charge in [-0.05, 0) is 24.3 Å². The number of nitrogens with zero attached hydrogens (tertiary/aromatic N) is 3. The van der Waals surface area contributed by atoms with Crippen molar-refractivity contribution in [2.75, 3.05) is 23.4 Å². The van der Waals surface area contributed by atoms with Gasteiger partial charge in [0.25, 0.3) is 0 Å². The van der Waals surface area contributed by atoms with Gasteiger partial charge >= 0.3 is 0 Å². The Hall–Kier alpha value is -1.40.